The molecule has 0 aromatic carbocycles. The molecule has 0 fully saturated rings. The van der Waals surface area contributed by atoms with Gasteiger partial charge in [-0.05, 0) is 70.6 Å². The van der Waals surface area contributed by atoms with Crippen molar-refractivity contribution < 1.29 is 33.5 Å². The third-order valence-corrected chi connectivity index (χ3v) is 8.34. The lowest BCUT2D eigenvalue weighted by atomic mass is 10.0. The molecule has 272 valence electrons. The topological polar surface area (TPSA) is 151 Å². The molecule has 0 heterocycles. The molecule has 6 N–H and O–H groups in total. The molecule has 0 spiro atoms. The number of nitrogens with two attached hydrogens (primary N) is 1. The zero-order valence-electron chi connectivity index (χ0n) is 29.4. The number of carbonyl (C=O) groups excluding carboxylic acids is 1. The Morgan fingerprint density at radius 2 is 1.34 bits per heavy atom. The molecular formula is C37H67N2O7P. The Labute approximate surface area is 286 Å². The highest BCUT2D eigenvalue weighted by molar-refractivity contribution is 7.47. The largest absolute Gasteiger partial charge is 0.472 e. The Bertz CT molecular complexity index is 936. The van der Waals surface area contributed by atoms with Crippen molar-refractivity contribution in [2.24, 2.45) is 5.73 Å². The van der Waals surface area contributed by atoms with Crippen LogP contribution in [0.1, 0.15) is 129 Å². The van der Waals surface area contributed by atoms with E-state index in [9.17, 15) is 24.5 Å². The summed E-state index contributed by atoms with van der Waals surface area (Å²) in [4.78, 5) is 22.6. The first kappa shape index (κ1) is 45.2. The number of amides is 1. The molecule has 0 aliphatic carbocycles. The van der Waals surface area contributed by atoms with Crippen molar-refractivity contribution >= 4 is 13.7 Å². The Morgan fingerprint density at radius 3 is 1.98 bits per heavy atom. The molecule has 0 radical (unpaired) electrons. The van der Waals surface area contributed by atoms with Crippen molar-refractivity contribution in [2.75, 3.05) is 19.8 Å². The minimum absolute atomic E-state index is 0.0376. The van der Waals surface area contributed by atoms with Crippen LogP contribution in [0.2, 0.25) is 0 Å². The summed E-state index contributed by atoms with van der Waals surface area (Å²) in [5, 5.41) is 23.8. The van der Waals surface area contributed by atoms with Crippen molar-refractivity contribution in [1.82, 2.24) is 5.32 Å². The summed E-state index contributed by atoms with van der Waals surface area (Å²) in [5.74, 6) is -0.475. The van der Waals surface area contributed by atoms with Crippen molar-refractivity contribution in [3.63, 3.8) is 0 Å². The van der Waals surface area contributed by atoms with Gasteiger partial charge in [-0.1, -0.05) is 113 Å². The molecule has 0 aromatic rings. The number of phosphoric ester groups is 1. The summed E-state index contributed by atoms with van der Waals surface area (Å²) in [6.45, 7) is 3.74. The Hall–Kier alpha value is -1.84. The van der Waals surface area contributed by atoms with Crippen LogP contribution in [0.3, 0.4) is 0 Å². The fraction of sp³-hybridized carbons (Fsp3) is 0.703. The van der Waals surface area contributed by atoms with E-state index in [4.69, 9.17) is 14.8 Å². The van der Waals surface area contributed by atoms with Gasteiger partial charge in [0.2, 0.25) is 5.91 Å². The number of aliphatic hydroxyl groups is 2. The van der Waals surface area contributed by atoms with E-state index in [0.717, 1.165) is 70.6 Å². The molecule has 47 heavy (non-hydrogen) atoms. The fourth-order valence-electron chi connectivity index (χ4n) is 4.65. The van der Waals surface area contributed by atoms with Crippen LogP contribution in [0.5, 0.6) is 0 Å². The van der Waals surface area contributed by atoms with E-state index in [2.05, 4.69) is 67.8 Å². The number of hydrogen-bond acceptors (Lipinski definition) is 7. The Balaban J connectivity index is 4.50. The number of nitrogens with one attached hydrogen (secondary N) is 1. The molecular weight excluding hydrogens is 615 g/mol. The molecule has 4 unspecified atom stereocenters. The minimum Gasteiger partial charge on any atom is -0.393 e. The van der Waals surface area contributed by atoms with Gasteiger partial charge in [0.15, 0.2) is 0 Å². The number of unbranched alkanes of at least 4 members (excludes halogenated alkanes) is 10. The number of aliphatic hydroxyl groups excluding tert-OH is 2. The highest BCUT2D eigenvalue weighted by atomic mass is 31.2. The normalized spacial score (nSPS) is 15.8. The second-order valence-electron chi connectivity index (χ2n) is 11.9. The van der Waals surface area contributed by atoms with Crippen LogP contribution in [-0.4, -0.2) is 59.0 Å². The van der Waals surface area contributed by atoms with Crippen molar-refractivity contribution in [1.29, 1.82) is 0 Å². The average Bonchev–Trinajstić information content (AvgIpc) is 3.04. The lowest BCUT2D eigenvalue weighted by molar-refractivity contribution is -0.124. The molecule has 10 heteroatoms. The molecule has 0 saturated heterocycles. The second-order valence-corrected chi connectivity index (χ2v) is 13.3. The number of phosphoric acid groups is 1. The van der Waals surface area contributed by atoms with Crippen LogP contribution in [-0.2, 0) is 18.4 Å². The molecule has 0 aliphatic heterocycles. The van der Waals surface area contributed by atoms with E-state index >= 15 is 0 Å². The first-order valence-electron chi connectivity index (χ1n) is 18.0. The summed E-state index contributed by atoms with van der Waals surface area (Å²) in [5.41, 5.74) is 5.33. The van der Waals surface area contributed by atoms with Gasteiger partial charge in [-0.3, -0.25) is 13.8 Å². The predicted molar refractivity (Wildman–Crippen MR) is 195 cm³/mol. The lowest BCUT2D eigenvalue weighted by Crippen LogP contribution is -2.46. The molecule has 0 aromatic heterocycles. The first-order chi connectivity index (χ1) is 22.8. The van der Waals surface area contributed by atoms with Gasteiger partial charge in [-0.2, -0.15) is 0 Å². The fourth-order valence-corrected chi connectivity index (χ4v) is 5.41. The zero-order chi connectivity index (χ0) is 34.9. The first-order valence-corrected chi connectivity index (χ1v) is 19.5. The summed E-state index contributed by atoms with van der Waals surface area (Å²) in [7, 11) is -4.40. The van der Waals surface area contributed by atoms with Crippen LogP contribution in [0, 0.1) is 0 Å². The average molecular weight is 683 g/mol. The highest BCUT2D eigenvalue weighted by Gasteiger charge is 2.27. The third kappa shape index (κ3) is 31.2. The summed E-state index contributed by atoms with van der Waals surface area (Å²) < 4.78 is 21.9. The molecule has 4 atom stereocenters. The van der Waals surface area contributed by atoms with Crippen LogP contribution < -0.4 is 11.1 Å². The van der Waals surface area contributed by atoms with E-state index in [-0.39, 0.29) is 19.6 Å². The maximum absolute atomic E-state index is 12.7. The summed E-state index contributed by atoms with van der Waals surface area (Å²) in [6.07, 6.45) is 36.0. The molecule has 0 saturated carbocycles. The monoisotopic (exact) mass is 682 g/mol. The standard InChI is InChI=1S/C37H67N2O7P/c1-3-5-7-9-11-13-15-16-17-18-19-20-22-24-26-28-34(40)32-37(42)39-35(33-46-47(43,44)45-31-30-38)36(41)29-27-25-23-21-14-12-10-8-6-4-2/h6,8,11,13-14,16-17,21,27,29,34-36,40-41H,3-5,7,9-10,12,15,18-20,22-26,28,30-33,38H2,1-2H3,(H,39,42)(H,43,44)/b8-6+,13-11-,17-16-,21-14+,29-27+. The molecule has 9 nitrogen and oxygen atoms in total. The number of carbonyl (C=O) groups is 1. The zero-order valence-corrected chi connectivity index (χ0v) is 30.2. The molecule has 0 aliphatic rings. The number of hydrogen-bond donors (Lipinski definition) is 5. The van der Waals surface area contributed by atoms with Crippen LogP contribution in [0.25, 0.3) is 0 Å². The highest BCUT2D eigenvalue weighted by Crippen LogP contribution is 2.43. The predicted octanol–water partition coefficient (Wildman–Crippen LogP) is 8.13. The van der Waals surface area contributed by atoms with Gasteiger partial charge in [-0.15, -0.1) is 0 Å². The molecule has 0 rings (SSSR count). The van der Waals surface area contributed by atoms with Crippen LogP contribution >= 0.6 is 7.82 Å². The smallest absolute Gasteiger partial charge is 0.393 e. The minimum atomic E-state index is -4.40. The van der Waals surface area contributed by atoms with E-state index in [1.807, 2.05) is 0 Å². The lowest BCUT2D eigenvalue weighted by Gasteiger charge is -2.24. The van der Waals surface area contributed by atoms with Gasteiger partial charge in [0.25, 0.3) is 0 Å². The van der Waals surface area contributed by atoms with Gasteiger partial charge in [-0.25, -0.2) is 4.57 Å². The maximum Gasteiger partial charge on any atom is 0.472 e. The number of allylic oxidation sites excluding steroid dienone is 9. The van der Waals surface area contributed by atoms with Gasteiger partial charge < -0.3 is 26.2 Å². The quantitative estimate of drug-likeness (QED) is 0.0271. The molecule has 0 bridgehead atoms. The summed E-state index contributed by atoms with van der Waals surface area (Å²) >= 11 is 0. The second kappa shape index (κ2) is 32.7. The Morgan fingerprint density at radius 1 is 0.766 bits per heavy atom. The van der Waals surface area contributed by atoms with Crippen molar-refractivity contribution in [3.8, 4) is 0 Å². The van der Waals surface area contributed by atoms with Crippen LogP contribution in [0.15, 0.2) is 60.8 Å². The maximum atomic E-state index is 12.7. The third-order valence-electron chi connectivity index (χ3n) is 7.36. The summed E-state index contributed by atoms with van der Waals surface area (Å²) in [6, 6.07) is -1.01. The SMILES string of the molecule is CC/C=C/CC/C=C/CC/C=C/C(O)C(COP(=O)(O)OCCN)NC(=O)CC(O)CCCCCCC/C=C\C/C=C\CCCCC. The van der Waals surface area contributed by atoms with E-state index < -0.39 is 38.6 Å². The van der Waals surface area contributed by atoms with Gasteiger partial charge >= 0.3 is 7.82 Å². The van der Waals surface area contributed by atoms with Gasteiger partial charge in [0, 0.05) is 6.54 Å². The van der Waals surface area contributed by atoms with E-state index in [1.165, 1.54) is 31.8 Å². The van der Waals surface area contributed by atoms with E-state index in [1.54, 1.807) is 6.08 Å². The van der Waals surface area contributed by atoms with Crippen LogP contribution in [0.4, 0.5) is 0 Å². The Kier molecular flexibility index (Phi) is 31.4. The van der Waals surface area contributed by atoms with Crippen molar-refractivity contribution in [2.45, 2.75) is 148 Å². The number of rotatable bonds is 32. The molecule has 1 amide bonds. The van der Waals surface area contributed by atoms with E-state index in [0.29, 0.717) is 12.8 Å². The van der Waals surface area contributed by atoms with Gasteiger partial charge in [0.05, 0.1) is 37.9 Å². The van der Waals surface area contributed by atoms with Crippen molar-refractivity contribution in [3.05, 3.63) is 60.8 Å². The van der Waals surface area contributed by atoms with Gasteiger partial charge in [0.1, 0.15) is 0 Å².